The molecular weight excluding hydrogens is 309 g/mol. The molecule has 1 unspecified atom stereocenters. The monoisotopic (exact) mass is 329 g/mol. The molecule has 2 heterocycles. The summed E-state index contributed by atoms with van der Waals surface area (Å²) in [5.41, 5.74) is 1.00. The molecule has 0 bridgehead atoms. The van der Waals surface area contributed by atoms with Crippen LogP contribution in [0.1, 0.15) is 34.9 Å². The number of halogens is 1. The SMILES string of the molecule is O=C(NCC(O)c1ccc(F)cc1)c1ccc(N2CCCC2)nc1. The number of benzene rings is 1. The summed E-state index contributed by atoms with van der Waals surface area (Å²) in [5.74, 6) is 0.228. The highest BCUT2D eigenvalue weighted by Gasteiger charge is 2.15. The van der Waals surface area contributed by atoms with E-state index in [4.69, 9.17) is 0 Å². The van der Waals surface area contributed by atoms with Crippen LogP contribution in [0.15, 0.2) is 42.6 Å². The van der Waals surface area contributed by atoms with Gasteiger partial charge in [-0.3, -0.25) is 4.79 Å². The number of hydrogen-bond donors (Lipinski definition) is 2. The summed E-state index contributed by atoms with van der Waals surface area (Å²) in [6, 6.07) is 9.14. The Hall–Kier alpha value is -2.47. The van der Waals surface area contributed by atoms with Crippen LogP contribution in [0.4, 0.5) is 10.2 Å². The van der Waals surface area contributed by atoms with E-state index in [0.29, 0.717) is 11.1 Å². The van der Waals surface area contributed by atoms with E-state index in [1.165, 1.54) is 37.1 Å². The number of carbonyl (C=O) groups excluding carboxylic acids is 1. The molecule has 1 amide bonds. The molecule has 1 saturated heterocycles. The molecule has 1 aromatic carbocycles. The van der Waals surface area contributed by atoms with Crippen molar-refractivity contribution in [3.05, 3.63) is 59.5 Å². The average molecular weight is 329 g/mol. The third-order valence-electron chi connectivity index (χ3n) is 4.15. The number of aliphatic hydroxyl groups is 1. The summed E-state index contributed by atoms with van der Waals surface area (Å²) in [5, 5.41) is 12.7. The third kappa shape index (κ3) is 3.89. The molecule has 1 aliphatic heterocycles. The zero-order valence-electron chi connectivity index (χ0n) is 13.3. The lowest BCUT2D eigenvalue weighted by Gasteiger charge is -2.16. The van der Waals surface area contributed by atoms with Crippen LogP contribution in [0.2, 0.25) is 0 Å². The van der Waals surface area contributed by atoms with Gasteiger partial charge >= 0.3 is 0 Å². The van der Waals surface area contributed by atoms with Gasteiger partial charge in [0.2, 0.25) is 0 Å². The molecule has 126 valence electrons. The van der Waals surface area contributed by atoms with Crippen molar-refractivity contribution < 1.29 is 14.3 Å². The summed E-state index contributed by atoms with van der Waals surface area (Å²) in [6.45, 7) is 2.06. The quantitative estimate of drug-likeness (QED) is 0.883. The number of nitrogens with zero attached hydrogens (tertiary/aromatic N) is 2. The molecule has 2 N–H and O–H groups in total. The molecule has 24 heavy (non-hydrogen) atoms. The van der Waals surface area contributed by atoms with Gasteiger partial charge in [-0.15, -0.1) is 0 Å². The minimum Gasteiger partial charge on any atom is -0.387 e. The second-order valence-corrected chi connectivity index (χ2v) is 5.88. The maximum absolute atomic E-state index is 12.9. The Balaban J connectivity index is 1.55. The van der Waals surface area contributed by atoms with Crippen molar-refractivity contribution in [2.75, 3.05) is 24.5 Å². The van der Waals surface area contributed by atoms with Crippen molar-refractivity contribution in [3.63, 3.8) is 0 Å². The standard InChI is InChI=1S/C18H20FN3O2/c19-15-6-3-13(4-7-15)16(23)12-21-18(24)14-5-8-17(20-11-14)22-9-1-2-10-22/h3-8,11,16,23H,1-2,9-10,12H2,(H,21,24). The molecule has 1 aliphatic rings. The van der Waals surface area contributed by atoms with Crippen molar-refractivity contribution in [3.8, 4) is 0 Å². The number of anilines is 1. The second-order valence-electron chi connectivity index (χ2n) is 5.88. The van der Waals surface area contributed by atoms with E-state index in [0.717, 1.165) is 18.9 Å². The molecule has 3 rings (SSSR count). The Bertz CT molecular complexity index is 682. The third-order valence-corrected chi connectivity index (χ3v) is 4.15. The lowest BCUT2D eigenvalue weighted by molar-refractivity contribution is 0.0916. The highest BCUT2D eigenvalue weighted by molar-refractivity contribution is 5.94. The molecule has 0 saturated carbocycles. The van der Waals surface area contributed by atoms with E-state index < -0.39 is 6.10 Å². The highest BCUT2D eigenvalue weighted by Crippen LogP contribution is 2.17. The molecule has 1 fully saturated rings. The largest absolute Gasteiger partial charge is 0.387 e. The molecule has 0 spiro atoms. The molecular formula is C18H20FN3O2. The van der Waals surface area contributed by atoms with Crippen LogP contribution in [0, 0.1) is 5.82 Å². The fourth-order valence-electron chi connectivity index (χ4n) is 2.75. The van der Waals surface area contributed by atoms with E-state index in [1.807, 2.05) is 6.07 Å². The van der Waals surface area contributed by atoms with Gasteiger partial charge in [0.25, 0.3) is 5.91 Å². The number of hydrogen-bond acceptors (Lipinski definition) is 4. The van der Waals surface area contributed by atoms with Crippen molar-refractivity contribution in [2.45, 2.75) is 18.9 Å². The Morgan fingerprint density at radius 3 is 2.54 bits per heavy atom. The maximum atomic E-state index is 12.9. The van der Waals surface area contributed by atoms with Crippen molar-refractivity contribution in [1.29, 1.82) is 0 Å². The van der Waals surface area contributed by atoms with E-state index in [1.54, 1.807) is 12.3 Å². The van der Waals surface area contributed by atoms with Gasteiger partial charge in [0.05, 0.1) is 11.7 Å². The summed E-state index contributed by atoms with van der Waals surface area (Å²) < 4.78 is 12.9. The first kappa shape index (κ1) is 16.4. The Labute approximate surface area is 140 Å². The van der Waals surface area contributed by atoms with Crippen LogP contribution in [-0.2, 0) is 0 Å². The highest BCUT2D eigenvalue weighted by atomic mass is 19.1. The smallest absolute Gasteiger partial charge is 0.252 e. The van der Waals surface area contributed by atoms with E-state index in [2.05, 4.69) is 15.2 Å². The Kier molecular flexibility index (Phi) is 5.05. The van der Waals surface area contributed by atoms with Gasteiger partial charge in [-0.25, -0.2) is 9.37 Å². The van der Waals surface area contributed by atoms with E-state index in [9.17, 15) is 14.3 Å². The first-order valence-corrected chi connectivity index (χ1v) is 8.06. The Morgan fingerprint density at radius 2 is 1.92 bits per heavy atom. The Morgan fingerprint density at radius 1 is 1.21 bits per heavy atom. The minimum absolute atomic E-state index is 0.0539. The van der Waals surface area contributed by atoms with Crippen LogP contribution in [0.5, 0.6) is 0 Å². The second kappa shape index (κ2) is 7.40. The minimum atomic E-state index is -0.883. The molecule has 5 nitrogen and oxygen atoms in total. The fourth-order valence-corrected chi connectivity index (χ4v) is 2.75. The van der Waals surface area contributed by atoms with Gasteiger partial charge in [-0.2, -0.15) is 0 Å². The number of aromatic nitrogens is 1. The zero-order chi connectivity index (χ0) is 16.9. The molecule has 1 aromatic heterocycles. The lowest BCUT2D eigenvalue weighted by atomic mass is 10.1. The van der Waals surface area contributed by atoms with Gasteiger partial charge in [-0.1, -0.05) is 12.1 Å². The number of pyridine rings is 1. The van der Waals surface area contributed by atoms with Crippen LogP contribution in [-0.4, -0.2) is 35.6 Å². The first-order valence-electron chi connectivity index (χ1n) is 8.06. The predicted molar refractivity (Wildman–Crippen MR) is 89.4 cm³/mol. The number of aliphatic hydroxyl groups excluding tert-OH is 1. The van der Waals surface area contributed by atoms with Gasteiger partial charge in [0, 0.05) is 25.8 Å². The summed E-state index contributed by atoms with van der Waals surface area (Å²) >= 11 is 0. The van der Waals surface area contributed by atoms with Crippen molar-refractivity contribution >= 4 is 11.7 Å². The average Bonchev–Trinajstić information content (AvgIpc) is 3.15. The van der Waals surface area contributed by atoms with Crippen LogP contribution in [0.3, 0.4) is 0 Å². The normalized spacial score (nSPS) is 15.3. The van der Waals surface area contributed by atoms with Crippen molar-refractivity contribution in [2.24, 2.45) is 0 Å². The summed E-state index contributed by atoms with van der Waals surface area (Å²) in [6.07, 6.45) is 3.01. The zero-order valence-corrected chi connectivity index (χ0v) is 13.3. The lowest BCUT2D eigenvalue weighted by Crippen LogP contribution is -2.28. The summed E-state index contributed by atoms with van der Waals surface area (Å²) in [4.78, 5) is 18.7. The topological polar surface area (TPSA) is 65.5 Å². The fraction of sp³-hybridized carbons (Fsp3) is 0.333. The predicted octanol–water partition coefficient (Wildman–Crippen LogP) is 2.28. The number of carbonyl (C=O) groups is 1. The molecule has 1 atom stereocenters. The number of amides is 1. The van der Waals surface area contributed by atoms with Gasteiger partial charge in [0.15, 0.2) is 0 Å². The van der Waals surface area contributed by atoms with Crippen molar-refractivity contribution in [1.82, 2.24) is 10.3 Å². The molecule has 2 aromatic rings. The van der Waals surface area contributed by atoms with Gasteiger partial charge in [-0.05, 0) is 42.7 Å². The van der Waals surface area contributed by atoms with Crippen LogP contribution >= 0.6 is 0 Å². The van der Waals surface area contributed by atoms with Crippen LogP contribution in [0.25, 0.3) is 0 Å². The van der Waals surface area contributed by atoms with Crippen LogP contribution < -0.4 is 10.2 Å². The number of rotatable bonds is 5. The summed E-state index contributed by atoms with van der Waals surface area (Å²) in [7, 11) is 0. The number of nitrogens with one attached hydrogen (secondary N) is 1. The molecule has 0 aliphatic carbocycles. The van der Waals surface area contributed by atoms with Gasteiger partial charge < -0.3 is 15.3 Å². The van der Waals surface area contributed by atoms with E-state index in [-0.39, 0.29) is 18.3 Å². The van der Waals surface area contributed by atoms with E-state index >= 15 is 0 Å². The maximum Gasteiger partial charge on any atom is 0.252 e. The molecule has 0 radical (unpaired) electrons. The van der Waals surface area contributed by atoms with Gasteiger partial charge in [0.1, 0.15) is 11.6 Å². The first-order chi connectivity index (χ1) is 11.6. The molecule has 6 heteroatoms.